The number of hydrogen-bond donors (Lipinski definition) is 1. The number of unbranched alkanes of at least 4 members (excludes halogenated alkanes) is 2. The lowest BCUT2D eigenvalue weighted by molar-refractivity contribution is -0.137. The van der Waals surface area contributed by atoms with Crippen LogP contribution in [0.2, 0.25) is 0 Å². The first-order valence-corrected chi connectivity index (χ1v) is 11.5. The van der Waals surface area contributed by atoms with E-state index in [1.54, 1.807) is 68.6 Å². The van der Waals surface area contributed by atoms with Gasteiger partial charge in [0.1, 0.15) is 11.5 Å². The van der Waals surface area contributed by atoms with Gasteiger partial charge >= 0.3 is 5.97 Å². The van der Waals surface area contributed by atoms with Gasteiger partial charge in [-0.1, -0.05) is 12.1 Å². The molecule has 7 heteroatoms. The van der Waals surface area contributed by atoms with Gasteiger partial charge in [-0.3, -0.25) is 9.59 Å². The smallest absolute Gasteiger partial charge is 0.303 e. The summed E-state index contributed by atoms with van der Waals surface area (Å²) in [4.78, 5) is 25.6. The Hall–Kier alpha value is -4.05. The summed E-state index contributed by atoms with van der Waals surface area (Å²) in [6.07, 6.45) is 3.69. The highest BCUT2D eigenvalue weighted by molar-refractivity contribution is 5.94. The molecule has 0 saturated heterocycles. The maximum atomic E-state index is 13.5. The molecule has 0 spiro atoms. The predicted molar refractivity (Wildman–Crippen MR) is 132 cm³/mol. The molecule has 0 saturated carbocycles. The SMILES string of the molecule is [2H]C(C)(C)N(Cc1cc(C#N)ccc1OCCCCCC(=O)O)C(=O)c1ccc(-c2ccco2)cc1. The number of aliphatic carboxylic acids is 1. The highest BCUT2D eigenvalue weighted by Gasteiger charge is 2.21. The van der Waals surface area contributed by atoms with E-state index >= 15 is 0 Å². The van der Waals surface area contributed by atoms with Crippen molar-refractivity contribution in [3.8, 4) is 23.1 Å². The van der Waals surface area contributed by atoms with Crippen LogP contribution in [0.1, 0.15) is 62.4 Å². The molecule has 0 aliphatic heterocycles. The van der Waals surface area contributed by atoms with Crippen LogP contribution >= 0.6 is 0 Å². The molecular formula is C28H30N2O5. The number of nitrogens with zero attached hydrogens (tertiary/aromatic N) is 2. The second kappa shape index (κ2) is 12.4. The van der Waals surface area contributed by atoms with E-state index in [-0.39, 0.29) is 18.9 Å². The van der Waals surface area contributed by atoms with Gasteiger partial charge in [-0.15, -0.1) is 0 Å². The Kier molecular flexibility index (Phi) is 8.55. The van der Waals surface area contributed by atoms with E-state index in [1.807, 2.05) is 6.07 Å². The van der Waals surface area contributed by atoms with Crippen molar-refractivity contribution in [2.45, 2.75) is 52.1 Å². The fraction of sp³-hybridized carbons (Fsp3) is 0.321. The van der Waals surface area contributed by atoms with Crippen LogP contribution in [-0.2, 0) is 11.3 Å². The third-order valence-corrected chi connectivity index (χ3v) is 5.53. The highest BCUT2D eigenvalue weighted by Crippen LogP contribution is 2.25. The number of carboxylic acids is 1. The van der Waals surface area contributed by atoms with Crippen LogP contribution in [0.15, 0.2) is 65.3 Å². The summed E-state index contributed by atoms with van der Waals surface area (Å²) in [5, 5.41) is 18.2. The number of hydrogen-bond acceptors (Lipinski definition) is 5. The Labute approximate surface area is 207 Å². The Morgan fingerprint density at radius 2 is 1.91 bits per heavy atom. The number of carboxylic acid groups (broad SMARTS) is 1. The predicted octanol–water partition coefficient (Wildman–Crippen LogP) is 5.89. The minimum Gasteiger partial charge on any atom is -0.493 e. The largest absolute Gasteiger partial charge is 0.493 e. The zero-order valence-electron chi connectivity index (χ0n) is 21.0. The molecule has 0 aliphatic carbocycles. The number of furan rings is 1. The van der Waals surface area contributed by atoms with Crippen molar-refractivity contribution in [3.63, 3.8) is 0 Å². The zero-order chi connectivity index (χ0) is 26.1. The van der Waals surface area contributed by atoms with Gasteiger partial charge in [-0.25, -0.2) is 0 Å². The van der Waals surface area contributed by atoms with E-state index in [4.69, 9.17) is 15.6 Å². The van der Waals surface area contributed by atoms with Crippen molar-refractivity contribution >= 4 is 11.9 Å². The summed E-state index contributed by atoms with van der Waals surface area (Å²) in [7, 11) is 0. The molecule has 0 radical (unpaired) electrons. The van der Waals surface area contributed by atoms with Crippen LogP contribution in [0.3, 0.4) is 0 Å². The summed E-state index contributed by atoms with van der Waals surface area (Å²) in [5.41, 5.74) is 2.33. The maximum Gasteiger partial charge on any atom is 0.303 e. The lowest BCUT2D eigenvalue weighted by Crippen LogP contribution is -2.36. The highest BCUT2D eigenvalue weighted by atomic mass is 16.5. The second-order valence-electron chi connectivity index (χ2n) is 8.38. The maximum absolute atomic E-state index is 13.5. The summed E-state index contributed by atoms with van der Waals surface area (Å²) < 4.78 is 20.0. The molecule has 1 aromatic heterocycles. The number of carbonyl (C=O) groups is 2. The van der Waals surface area contributed by atoms with Crippen LogP contribution in [0.5, 0.6) is 5.75 Å². The van der Waals surface area contributed by atoms with E-state index in [0.717, 1.165) is 12.0 Å². The molecule has 0 atom stereocenters. The van der Waals surface area contributed by atoms with Gasteiger partial charge in [0.15, 0.2) is 0 Å². The number of rotatable bonds is 12. The molecule has 1 amide bonds. The van der Waals surface area contributed by atoms with Crippen molar-refractivity contribution in [1.29, 1.82) is 5.26 Å². The van der Waals surface area contributed by atoms with E-state index < -0.39 is 12.0 Å². The Morgan fingerprint density at radius 3 is 2.54 bits per heavy atom. The molecule has 3 aromatic rings. The van der Waals surface area contributed by atoms with Crippen LogP contribution < -0.4 is 4.74 Å². The molecule has 1 N–H and O–H groups in total. The molecule has 2 aromatic carbocycles. The molecule has 1 heterocycles. The first-order valence-electron chi connectivity index (χ1n) is 12.0. The molecule has 7 nitrogen and oxygen atoms in total. The third-order valence-electron chi connectivity index (χ3n) is 5.53. The van der Waals surface area contributed by atoms with E-state index in [0.29, 0.717) is 47.6 Å². The number of nitriles is 1. The fourth-order valence-corrected chi connectivity index (χ4v) is 3.63. The van der Waals surface area contributed by atoms with Gasteiger partial charge in [0.25, 0.3) is 5.91 Å². The van der Waals surface area contributed by atoms with Crippen molar-refractivity contribution in [2.24, 2.45) is 0 Å². The van der Waals surface area contributed by atoms with Gasteiger partial charge in [0.2, 0.25) is 0 Å². The minimum atomic E-state index is -1.24. The first-order chi connectivity index (χ1) is 17.2. The van der Waals surface area contributed by atoms with Crippen molar-refractivity contribution in [3.05, 3.63) is 77.6 Å². The van der Waals surface area contributed by atoms with Crippen LogP contribution in [0.4, 0.5) is 0 Å². The van der Waals surface area contributed by atoms with Crippen molar-refractivity contribution in [1.82, 2.24) is 4.90 Å². The quantitative estimate of drug-likeness (QED) is 0.327. The van der Waals surface area contributed by atoms with Crippen molar-refractivity contribution < 1.29 is 25.2 Å². The van der Waals surface area contributed by atoms with Crippen LogP contribution in [-0.4, -0.2) is 34.5 Å². The molecule has 0 fully saturated rings. The Morgan fingerprint density at radius 1 is 1.14 bits per heavy atom. The monoisotopic (exact) mass is 475 g/mol. The lowest BCUT2D eigenvalue weighted by atomic mass is 10.1. The first kappa shape index (κ1) is 24.1. The van der Waals surface area contributed by atoms with Gasteiger partial charge in [-0.05, 0) is 75.6 Å². The minimum absolute atomic E-state index is 0.0825. The number of carbonyl (C=O) groups excluding carboxylic acids is 1. The summed E-state index contributed by atoms with van der Waals surface area (Å²) in [6, 6.07) is 16.5. The Bertz CT molecular complexity index is 1210. The molecule has 35 heavy (non-hydrogen) atoms. The number of benzene rings is 2. The van der Waals surface area contributed by atoms with E-state index in [9.17, 15) is 14.9 Å². The summed E-state index contributed by atoms with van der Waals surface area (Å²) >= 11 is 0. The molecule has 0 bridgehead atoms. The van der Waals surface area contributed by atoms with Gasteiger partial charge in [-0.2, -0.15) is 5.26 Å². The lowest BCUT2D eigenvalue weighted by Gasteiger charge is -2.28. The van der Waals surface area contributed by atoms with Gasteiger partial charge in [0.05, 0.1) is 25.9 Å². The second-order valence-corrected chi connectivity index (χ2v) is 8.38. The molecule has 3 rings (SSSR count). The Balaban J connectivity index is 1.77. The topological polar surface area (TPSA) is 104 Å². The molecule has 0 aliphatic rings. The van der Waals surface area contributed by atoms with E-state index in [1.165, 1.54) is 4.90 Å². The average molecular weight is 476 g/mol. The summed E-state index contributed by atoms with van der Waals surface area (Å²) in [6.45, 7) is 3.74. The van der Waals surface area contributed by atoms with Crippen LogP contribution in [0.25, 0.3) is 11.3 Å². The summed E-state index contributed by atoms with van der Waals surface area (Å²) in [5.74, 6) is 0.0962. The molecule has 0 unspecified atom stereocenters. The standard InChI is InChI=1S/C28H30N2O5/c1-20(2)30(28(33)23-12-10-22(11-13-23)25-7-6-16-35-25)19-24-17-21(18-29)9-14-26(24)34-15-5-3-4-8-27(31)32/h6-7,9-14,16-17,20H,3-5,8,15,19H2,1-2H3,(H,31,32)/i20D. The van der Waals surface area contributed by atoms with E-state index in [2.05, 4.69) is 6.07 Å². The number of amides is 1. The zero-order valence-corrected chi connectivity index (χ0v) is 20.0. The van der Waals surface area contributed by atoms with Crippen molar-refractivity contribution in [2.75, 3.05) is 6.61 Å². The number of ether oxygens (including phenoxy) is 1. The van der Waals surface area contributed by atoms with Gasteiger partial charge < -0.3 is 19.2 Å². The molecular weight excluding hydrogens is 444 g/mol. The van der Waals surface area contributed by atoms with Gasteiger partial charge in [0, 0.05) is 35.7 Å². The normalized spacial score (nSPS) is 11.4. The van der Waals surface area contributed by atoms with Crippen LogP contribution in [0, 0.1) is 11.3 Å². The fourth-order valence-electron chi connectivity index (χ4n) is 3.63. The average Bonchev–Trinajstić information content (AvgIpc) is 3.39. The third kappa shape index (κ3) is 7.21. The molecule has 182 valence electrons.